The van der Waals surface area contributed by atoms with Gasteiger partial charge >= 0.3 is 0 Å². The molecule has 3 aromatic rings. The number of thiazole rings is 1. The predicted molar refractivity (Wildman–Crippen MR) is 78.4 cm³/mol. The van der Waals surface area contributed by atoms with E-state index in [9.17, 15) is 0 Å². The number of nitrogens with two attached hydrogens (primary N) is 1. The second-order valence-corrected chi connectivity index (χ2v) is 6.29. The molecule has 2 N–H and O–H groups in total. The lowest BCUT2D eigenvalue weighted by Crippen LogP contribution is -2.04. The number of nitrogens with zero attached hydrogens (tertiary/aromatic N) is 2. The van der Waals surface area contributed by atoms with Gasteiger partial charge in [0.1, 0.15) is 5.69 Å². The van der Waals surface area contributed by atoms with Crippen molar-refractivity contribution in [2.75, 3.05) is 0 Å². The molecule has 0 saturated carbocycles. The van der Waals surface area contributed by atoms with E-state index >= 15 is 0 Å². The minimum atomic E-state index is 0.525. The van der Waals surface area contributed by atoms with Crippen LogP contribution in [0.1, 0.15) is 23.2 Å². The maximum Gasteiger partial charge on any atom is 0.195 e. The molecule has 0 spiro atoms. The summed E-state index contributed by atoms with van der Waals surface area (Å²) < 4.78 is 2.25. The van der Waals surface area contributed by atoms with Gasteiger partial charge in [0.25, 0.3) is 0 Å². The highest BCUT2D eigenvalue weighted by Crippen LogP contribution is 2.33. The molecule has 0 bridgehead atoms. The average molecular weight is 277 g/mol. The van der Waals surface area contributed by atoms with Crippen LogP contribution in [0.15, 0.2) is 17.5 Å². The van der Waals surface area contributed by atoms with E-state index in [0.717, 1.165) is 22.8 Å². The highest BCUT2D eigenvalue weighted by atomic mass is 32.1. The minimum absolute atomic E-state index is 0.525. The molecule has 5 heteroatoms. The predicted octanol–water partition coefficient (Wildman–Crippen LogP) is 3.45. The van der Waals surface area contributed by atoms with Gasteiger partial charge in [0.05, 0.1) is 10.6 Å². The van der Waals surface area contributed by atoms with E-state index in [1.165, 1.54) is 15.4 Å². The van der Waals surface area contributed by atoms with E-state index in [1.54, 1.807) is 22.7 Å². The Bertz CT molecular complexity index is 677. The van der Waals surface area contributed by atoms with E-state index in [0.29, 0.717) is 6.54 Å². The number of aryl methyl sites for hydroxylation is 2. The van der Waals surface area contributed by atoms with Gasteiger partial charge in [-0.1, -0.05) is 13.0 Å². The number of fused-ring (bicyclic) bond motifs is 1. The van der Waals surface area contributed by atoms with Gasteiger partial charge in [-0.15, -0.1) is 22.7 Å². The summed E-state index contributed by atoms with van der Waals surface area (Å²) in [5.74, 6) is 0. The van der Waals surface area contributed by atoms with Gasteiger partial charge < -0.3 is 5.73 Å². The first-order valence-electron chi connectivity index (χ1n) is 5.99. The monoisotopic (exact) mass is 277 g/mol. The first-order chi connectivity index (χ1) is 8.76. The summed E-state index contributed by atoms with van der Waals surface area (Å²) in [7, 11) is 0. The fraction of sp³-hybridized carbons (Fsp3) is 0.308. The topological polar surface area (TPSA) is 43.3 Å². The van der Waals surface area contributed by atoms with Crippen molar-refractivity contribution in [1.82, 2.24) is 9.38 Å². The largest absolute Gasteiger partial charge is 0.325 e. The summed E-state index contributed by atoms with van der Waals surface area (Å²) in [5.41, 5.74) is 9.47. The zero-order valence-corrected chi connectivity index (χ0v) is 12.1. The number of rotatable bonds is 3. The third-order valence-corrected chi connectivity index (χ3v) is 5.02. The number of aromatic nitrogens is 2. The van der Waals surface area contributed by atoms with Crippen molar-refractivity contribution < 1.29 is 0 Å². The van der Waals surface area contributed by atoms with Crippen LogP contribution in [0, 0.1) is 6.92 Å². The molecule has 3 aromatic heterocycles. The lowest BCUT2D eigenvalue weighted by Gasteiger charge is -2.03. The first kappa shape index (κ1) is 11.9. The van der Waals surface area contributed by atoms with Gasteiger partial charge in [0.15, 0.2) is 4.96 Å². The molecule has 0 unspecified atom stereocenters. The Morgan fingerprint density at radius 2 is 2.22 bits per heavy atom. The van der Waals surface area contributed by atoms with Gasteiger partial charge in [-0.2, -0.15) is 0 Å². The van der Waals surface area contributed by atoms with E-state index in [-0.39, 0.29) is 0 Å². The quantitative estimate of drug-likeness (QED) is 0.797. The molecule has 94 valence electrons. The highest BCUT2D eigenvalue weighted by molar-refractivity contribution is 7.17. The van der Waals surface area contributed by atoms with Crippen molar-refractivity contribution >= 4 is 27.6 Å². The second-order valence-electron chi connectivity index (χ2n) is 4.17. The lowest BCUT2D eigenvalue weighted by molar-refractivity contribution is 0.902. The fourth-order valence-corrected chi connectivity index (χ4v) is 4.15. The Morgan fingerprint density at radius 3 is 2.83 bits per heavy atom. The van der Waals surface area contributed by atoms with Crippen LogP contribution in [0.3, 0.4) is 0 Å². The van der Waals surface area contributed by atoms with Crippen molar-refractivity contribution in [2.45, 2.75) is 26.8 Å². The van der Waals surface area contributed by atoms with E-state index < -0.39 is 0 Å². The Labute approximate surface area is 114 Å². The summed E-state index contributed by atoms with van der Waals surface area (Å²) in [5, 5.41) is 2.08. The molecule has 0 aliphatic heterocycles. The molecule has 3 heterocycles. The van der Waals surface area contributed by atoms with E-state index in [4.69, 9.17) is 10.7 Å². The molecular weight excluding hydrogens is 262 g/mol. The van der Waals surface area contributed by atoms with Gasteiger partial charge in [-0.05, 0) is 24.8 Å². The third kappa shape index (κ3) is 1.62. The molecule has 0 aliphatic carbocycles. The van der Waals surface area contributed by atoms with Gasteiger partial charge in [0, 0.05) is 17.1 Å². The number of imidazole rings is 1. The molecule has 0 aromatic carbocycles. The van der Waals surface area contributed by atoms with Crippen molar-refractivity contribution in [1.29, 1.82) is 0 Å². The number of hydrogen-bond donors (Lipinski definition) is 1. The summed E-state index contributed by atoms with van der Waals surface area (Å²) in [6, 6.07) is 4.16. The van der Waals surface area contributed by atoms with Crippen LogP contribution in [-0.4, -0.2) is 9.38 Å². The first-order valence-corrected chi connectivity index (χ1v) is 7.69. The zero-order chi connectivity index (χ0) is 12.7. The van der Waals surface area contributed by atoms with E-state index in [1.807, 2.05) is 0 Å². The Hall–Kier alpha value is -1.17. The Kier molecular flexibility index (Phi) is 2.97. The molecule has 3 rings (SSSR count). The van der Waals surface area contributed by atoms with Crippen LogP contribution in [0.2, 0.25) is 0 Å². The molecular formula is C13H15N3S2. The Morgan fingerprint density at radius 1 is 1.39 bits per heavy atom. The maximum atomic E-state index is 5.95. The summed E-state index contributed by atoms with van der Waals surface area (Å²) in [6.07, 6.45) is 1.01. The number of thiophene rings is 1. The van der Waals surface area contributed by atoms with Gasteiger partial charge in [0.2, 0.25) is 0 Å². The highest BCUT2D eigenvalue weighted by Gasteiger charge is 2.18. The Balaban J connectivity index is 2.32. The fourth-order valence-electron chi connectivity index (χ4n) is 2.34. The molecule has 0 saturated heterocycles. The van der Waals surface area contributed by atoms with Crippen LogP contribution in [0.4, 0.5) is 0 Å². The smallest absolute Gasteiger partial charge is 0.195 e. The summed E-state index contributed by atoms with van der Waals surface area (Å²) >= 11 is 3.47. The lowest BCUT2D eigenvalue weighted by atomic mass is 10.2. The van der Waals surface area contributed by atoms with Crippen LogP contribution < -0.4 is 5.73 Å². The van der Waals surface area contributed by atoms with Gasteiger partial charge in [-0.3, -0.25) is 4.40 Å². The standard InChI is InChI=1S/C13H15N3S2/c1-3-9-8(2)18-13-15-12(10(7-14)16(9)13)11-5-4-6-17-11/h4-6H,3,7,14H2,1-2H3. The maximum absolute atomic E-state index is 5.95. The molecule has 0 radical (unpaired) electrons. The molecule has 18 heavy (non-hydrogen) atoms. The molecule has 0 amide bonds. The third-order valence-electron chi connectivity index (χ3n) is 3.15. The summed E-state index contributed by atoms with van der Waals surface area (Å²) in [6.45, 7) is 4.86. The average Bonchev–Trinajstić information content (AvgIpc) is 3.02. The zero-order valence-electron chi connectivity index (χ0n) is 10.4. The van der Waals surface area contributed by atoms with Crippen LogP contribution in [0.25, 0.3) is 15.5 Å². The number of hydrogen-bond acceptors (Lipinski definition) is 4. The van der Waals surface area contributed by atoms with Crippen LogP contribution in [0.5, 0.6) is 0 Å². The van der Waals surface area contributed by atoms with Gasteiger partial charge in [-0.25, -0.2) is 4.98 Å². The minimum Gasteiger partial charge on any atom is -0.325 e. The van der Waals surface area contributed by atoms with Crippen molar-refractivity contribution in [3.63, 3.8) is 0 Å². The van der Waals surface area contributed by atoms with Crippen LogP contribution >= 0.6 is 22.7 Å². The normalized spacial score (nSPS) is 11.5. The molecule has 0 aliphatic rings. The van der Waals surface area contributed by atoms with Crippen molar-refractivity contribution in [2.24, 2.45) is 5.73 Å². The molecule has 0 atom stereocenters. The molecule has 3 nitrogen and oxygen atoms in total. The van der Waals surface area contributed by atoms with Crippen molar-refractivity contribution in [3.05, 3.63) is 33.8 Å². The van der Waals surface area contributed by atoms with E-state index in [2.05, 4.69) is 35.8 Å². The van der Waals surface area contributed by atoms with Crippen molar-refractivity contribution in [3.8, 4) is 10.6 Å². The van der Waals surface area contributed by atoms with Crippen LogP contribution in [-0.2, 0) is 13.0 Å². The summed E-state index contributed by atoms with van der Waals surface area (Å²) in [4.78, 5) is 8.37. The second kappa shape index (κ2) is 4.50. The molecule has 0 fully saturated rings. The SMILES string of the molecule is CCc1c(C)sc2nc(-c3cccs3)c(CN)n12.